The molecule has 0 unspecified atom stereocenters. The highest BCUT2D eigenvalue weighted by Gasteiger charge is 2.12. The molecule has 2 aromatic carbocycles. The molecule has 0 aliphatic heterocycles. The van der Waals surface area contributed by atoms with Crippen molar-refractivity contribution in [2.45, 2.75) is 0 Å². The van der Waals surface area contributed by atoms with Crippen LogP contribution in [0, 0.1) is 5.82 Å². The average molecular weight is 387 g/mol. The Morgan fingerprint density at radius 2 is 1.96 bits per heavy atom. The Morgan fingerprint density at radius 3 is 2.64 bits per heavy atom. The van der Waals surface area contributed by atoms with Crippen molar-refractivity contribution in [2.24, 2.45) is 0 Å². The van der Waals surface area contributed by atoms with Crippen LogP contribution in [0.5, 0.6) is 0 Å². The molecule has 2 aromatic rings. The van der Waals surface area contributed by atoms with Gasteiger partial charge in [0.05, 0.1) is 17.4 Å². The summed E-state index contributed by atoms with van der Waals surface area (Å²) in [6.45, 7) is 0.0564. The number of anilines is 2. The SMILES string of the molecule is COCCS(=O)(=O)Nc1cccc(C(=O)Nc2ccc(F)c(Cl)c2)c1. The van der Waals surface area contributed by atoms with Gasteiger partial charge in [0.1, 0.15) is 5.82 Å². The van der Waals surface area contributed by atoms with Crippen LogP contribution in [-0.2, 0) is 14.8 Å². The van der Waals surface area contributed by atoms with Crippen LogP contribution in [0.15, 0.2) is 42.5 Å². The molecule has 0 spiro atoms. The first-order chi connectivity index (χ1) is 11.8. The van der Waals surface area contributed by atoms with Crippen LogP contribution >= 0.6 is 11.6 Å². The number of amides is 1. The van der Waals surface area contributed by atoms with E-state index in [-0.39, 0.29) is 28.6 Å². The zero-order chi connectivity index (χ0) is 18.4. The molecule has 1 amide bonds. The Morgan fingerprint density at radius 1 is 1.20 bits per heavy atom. The number of carbonyl (C=O) groups is 1. The first-order valence-electron chi connectivity index (χ1n) is 7.16. The lowest BCUT2D eigenvalue weighted by Gasteiger charge is -2.10. The summed E-state index contributed by atoms with van der Waals surface area (Å²) < 4.78 is 44.0. The molecule has 6 nitrogen and oxygen atoms in total. The smallest absolute Gasteiger partial charge is 0.255 e. The summed E-state index contributed by atoms with van der Waals surface area (Å²) in [4.78, 5) is 12.3. The van der Waals surface area contributed by atoms with E-state index in [9.17, 15) is 17.6 Å². The number of nitrogens with one attached hydrogen (secondary N) is 2. The molecule has 0 fully saturated rings. The molecule has 0 aromatic heterocycles. The molecule has 0 saturated carbocycles. The van der Waals surface area contributed by atoms with Gasteiger partial charge in [0.15, 0.2) is 0 Å². The quantitative estimate of drug-likeness (QED) is 0.765. The van der Waals surface area contributed by atoms with Crippen molar-refractivity contribution in [1.82, 2.24) is 0 Å². The molecule has 2 rings (SSSR count). The third-order valence-corrected chi connectivity index (χ3v) is 4.67. The van der Waals surface area contributed by atoms with Crippen LogP contribution in [0.3, 0.4) is 0 Å². The number of halogens is 2. The van der Waals surface area contributed by atoms with Gasteiger partial charge in [0.2, 0.25) is 10.0 Å². The van der Waals surface area contributed by atoms with Crippen LogP contribution in [0.4, 0.5) is 15.8 Å². The van der Waals surface area contributed by atoms with Crippen molar-refractivity contribution in [2.75, 3.05) is 29.5 Å². The fourth-order valence-corrected chi connectivity index (χ4v) is 3.08. The lowest BCUT2D eigenvalue weighted by molar-refractivity contribution is 0.102. The van der Waals surface area contributed by atoms with E-state index in [1.807, 2.05) is 0 Å². The third kappa shape index (κ3) is 5.70. The zero-order valence-electron chi connectivity index (χ0n) is 13.3. The highest BCUT2D eigenvalue weighted by Crippen LogP contribution is 2.20. The predicted molar refractivity (Wildman–Crippen MR) is 95.1 cm³/mol. The van der Waals surface area contributed by atoms with E-state index in [2.05, 4.69) is 10.0 Å². The predicted octanol–water partition coefficient (Wildman–Crippen LogP) is 3.12. The Bertz CT molecular complexity index is 874. The van der Waals surface area contributed by atoms with Crippen molar-refractivity contribution >= 4 is 38.9 Å². The second kappa shape index (κ2) is 8.28. The van der Waals surface area contributed by atoms with Gasteiger partial charge in [-0.15, -0.1) is 0 Å². The topological polar surface area (TPSA) is 84.5 Å². The Kier molecular flexibility index (Phi) is 6.35. The number of hydrogen-bond acceptors (Lipinski definition) is 4. The van der Waals surface area contributed by atoms with Crippen molar-refractivity contribution in [3.05, 3.63) is 58.9 Å². The van der Waals surface area contributed by atoms with E-state index >= 15 is 0 Å². The summed E-state index contributed by atoms with van der Waals surface area (Å²) in [6.07, 6.45) is 0. The number of hydrogen-bond donors (Lipinski definition) is 2. The van der Waals surface area contributed by atoms with Crippen LogP contribution in [-0.4, -0.2) is 33.8 Å². The number of ether oxygens (including phenoxy) is 1. The maximum atomic E-state index is 13.1. The Hall–Kier alpha value is -2.16. The lowest BCUT2D eigenvalue weighted by Crippen LogP contribution is -2.20. The van der Waals surface area contributed by atoms with Crippen molar-refractivity contribution in [1.29, 1.82) is 0 Å². The van der Waals surface area contributed by atoms with E-state index in [1.54, 1.807) is 6.07 Å². The number of carbonyl (C=O) groups excluding carboxylic acids is 1. The van der Waals surface area contributed by atoms with Gasteiger partial charge in [-0.05, 0) is 36.4 Å². The highest BCUT2D eigenvalue weighted by molar-refractivity contribution is 7.92. The summed E-state index contributed by atoms with van der Waals surface area (Å²) in [5.74, 6) is -1.28. The summed E-state index contributed by atoms with van der Waals surface area (Å²) in [5, 5.41) is 2.45. The minimum Gasteiger partial charge on any atom is -0.384 e. The van der Waals surface area contributed by atoms with Crippen LogP contribution in [0.25, 0.3) is 0 Å². The monoisotopic (exact) mass is 386 g/mol. The van der Waals surface area contributed by atoms with Gasteiger partial charge in [0, 0.05) is 24.0 Å². The second-order valence-electron chi connectivity index (χ2n) is 5.08. The first kappa shape index (κ1) is 19.2. The van der Waals surface area contributed by atoms with Crippen LogP contribution in [0.2, 0.25) is 5.02 Å². The molecule has 2 N–H and O–H groups in total. The van der Waals surface area contributed by atoms with Gasteiger partial charge in [-0.3, -0.25) is 9.52 Å². The summed E-state index contributed by atoms with van der Waals surface area (Å²) >= 11 is 5.67. The first-order valence-corrected chi connectivity index (χ1v) is 9.19. The average Bonchev–Trinajstić information content (AvgIpc) is 2.56. The van der Waals surface area contributed by atoms with E-state index in [0.717, 1.165) is 6.07 Å². The van der Waals surface area contributed by atoms with Gasteiger partial charge in [-0.25, -0.2) is 12.8 Å². The Balaban J connectivity index is 2.12. The number of rotatable bonds is 7. The third-order valence-electron chi connectivity index (χ3n) is 3.13. The van der Waals surface area contributed by atoms with E-state index in [4.69, 9.17) is 16.3 Å². The maximum absolute atomic E-state index is 13.1. The largest absolute Gasteiger partial charge is 0.384 e. The van der Waals surface area contributed by atoms with Gasteiger partial charge >= 0.3 is 0 Å². The minimum atomic E-state index is -3.57. The van der Waals surface area contributed by atoms with Crippen molar-refractivity contribution < 1.29 is 22.3 Å². The lowest BCUT2D eigenvalue weighted by atomic mass is 10.2. The normalized spacial score (nSPS) is 11.2. The minimum absolute atomic E-state index is 0.0564. The molecule has 25 heavy (non-hydrogen) atoms. The standard InChI is InChI=1S/C16H16ClFN2O4S/c1-24-7-8-25(22,23)20-13-4-2-3-11(9-13)16(21)19-12-5-6-15(18)14(17)10-12/h2-6,9-10,20H,7-8H2,1H3,(H,19,21). The maximum Gasteiger partial charge on any atom is 0.255 e. The number of methoxy groups -OCH3 is 1. The highest BCUT2D eigenvalue weighted by atomic mass is 35.5. The fourth-order valence-electron chi connectivity index (χ4n) is 1.92. The molecule has 0 saturated heterocycles. The van der Waals surface area contributed by atoms with Gasteiger partial charge < -0.3 is 10.1 Å². The summed E-state index contributed by atoms with van der Waals surface area (Å²) in [6, 6.07) is 9.77. The van der Waals surface area contributed by atoms with Crippen LogP contribution in [0.1, 0.15) is 10.4 Å². The van der Waals surface area contributed by atoms with E-state index < -0.39 is 21.7 Å². The van der Waals surface area contributed by atoms with Gasteiger partial charge in [-0.2, -0.15) is 0 Å². The number of sulfonamides is 1. The molecule has 0 bridgehead atoms. The van der Waals surface area contributed by atoms with Gasteiger partial charge in [-0.1, -0.05) is 17.7 Å². The molecule has 0 heterocycles. The van der Waals surface area contributed by atoms with Gasteiger partial charge in [0.25, 0.3) is 5.91 Å². The van der Waals surface area contributed by atoms with Crippen molar-refractivity contribution in [3.8, 4) is 0 Å². The molecule has 0 aliphatic rings. The van der Waals surface area contributed by atoms with Crippen LogP contribution < -0.4 is 10.0 Å². The zero-order valence-corrected chi connectivity index (χ0v) is 14.8. The fraction of sp³-hybridized carbons (Fsp3) is 0.188. The summed E-state index contributed by atoms with van der Waals surface area (Å²) in [7, 11) is -2.17. The van der Waals surface area contributed by atoms with Crippen molar-refractivity contribution in [3.63, 3.8) is 0 Å². The molecule has 134 valence electrons. The molecule has 9 heteroatoms. The van der Waals surface area contributed by atoms with E-state index in [1.165, 1.54) is 37.4 Å². The molecule has 0 atom stereocenters. The van der Waals surface area contributed by atoms with E-state index in [0.29, 0.717) is 5.69 Å². The molecular weight excluding hydrogens is 371 g/mol. The second-order valence-corrected chi connectivity index (χ2v) is 7.33. The molecular formula is C16H16ClFN2O4S. The molecule has 0 aliphatic carbocycles. The number of benzene rings is 2. The summed E-state index contributed by atoms with van der Waals surface area (Å²) in [5.41, 5.74) is 0.802. The molecule has 0 radical (unpaired) electrons. The Labute approximate surface area is 150 Å².